The molecular formula is C18H29N3O5. The van der Waals surface area contributed by atoms with E-state index in [0.29, 0.717) is 5.92 Å². The summed E-state index contributed by atoms with van der Waals surface area (Å²) in [5.41, 5.74) is -0.961. The van der Waals surface area contributed by atoms with E-state index >= 15 is 0 Å². The zero-order chi connectivity index (χ0) is 19.5. The normalized spacial score (nSPS) is 25.0. The van der Waals surface area contributed by atoms with E-state index in [1.54, 1.807) is 25.8 Å². The van der Waals surface area contributed by atoms with E-state index in [9.17, 15) is 19.2 Å². The van der Waals surface area contributed by atoms with Crippen molar-refractivity contribution in [1.82, 2.24) is 15.1 Å². The molecule has 0 bridgehead atoms. The van der Waals surface area contributed by atoms with Gasteiger partial charge in [0, 0.05) is 19.6 Å². The van der Waals surface area contributed by atoms with E-state index in [-0.39, 0.29) is 37.4 Å². The van der Waals surface area contributed by atoms with Crippen LogP contribution in [0.3, 0.4) is 0 Å². The second kappa shape index (κ2) is 8.05. The van der Waals surface area contributed by atoms with E-state index in [0.717, 1.165) is 30.6 Å². The Kier molecular flexibility index (Phi) is 6.26. The van der Waals surface area contributed by atoms with Crippen LogP contribution in [0.15, 0.2) is 0 Å². The van der Waals surface area contributed by atoms with Gasteiger partial charge in [0.15, 0.2) is 6.61 Å². The molecule has 0 unspecified atom stereocenters. The van der Waals surface area contributed by atoms with Crippen molar-refractivity contribution in [1.29, 1.82) is 0 Å². The Balaban J connectivity index is 1.72. The lowest BCUT2D eigenvalue weighted by molar-refractivity contribution is -0.153. The van der Waals surface area contributed by atoms with Gasteiger partial charge in [0.2, 0.25) is 0 Å². The summed E-state index contributed by atoms with van der Waals surface area (Å²) in [4.78, 5) is 50.5. The number of rotatable bonds is 6. The van der Waals surface area contributed by atoms with Gasteiger partial charge in [-0.05, 0) is 45.4 Å². The van der Waals surface area contributed by atoms with Gasteiger partial charge >= 0.3 is 12.0 Å². The van der Waals surface area contributed by atoms with Crippen LogP contribution >= 0.6 is 0 Å². The van der Waals surface area contributed by atoms with Gasteiger partial charge in [-0.2, -0.15) is 0 Å². The summed E-state index contributed by atoms with van der Waals surface area (Å²) in [5, 5.41) is 2.55. The minimum absolute atomic E-state index is 0.0581. The zero-order valence-corrected chi connectivity index (χ0v) is 16.0. The highest BCUT2D eigenvalue weighted by Gasteiger charge is 2.44. The Hall–Kier alpha value is -2.12. The molecule has 0 aromatic carbocycles. The molecule has 8 heteroatoms. The Labute approximate surface area is 154 Å². The van der Waals surface area contributed by atoms with Crippen LogP contribution in [0.4, 0.5) is 4.79 Å². The van der Waals surface area contributed by atoms with Crippen molar-refractivity contribution in [3.63, 3.8) is 0 Å². The molecule has 1 heterocycles. The van der Waals surface area contributed by atoms with Crippen molar-refractivity contribution in [3.05, 3.63) is 0 Å². The Morgan fingerprint density at radius 1 is 1.23 bits per heavy atom. The van der Waals surface area contributed by atoms with Gasteiger partial charge in [-0.15, -0.1) is 0 Å². The van der Waals surface area contributed by atoms with E-state index < -0.39 is 17.5 Å². The number of esters is 1. The summed E-state index contributed by atoms with van der Waals surface area (Å²) < 4.78 is 5.02. The summed E-state index contributed by atoms with van der Waals surface area (Å²) >= 11 is 0. The number of hydrogen-bond donors (Lipinski definition) is 1. The van der Waals surface area contributed by atoms with E-state index in [1.807, 2.05) is 0 Å². The van der Waals surface area contributed by atoms with Crippen LogP contribution in [0.25, 0.3) is 0 Å². The lowest BCUT2D eigenvalue weighted by Crippen LogP contribution is -2.41. The molecule has 0 atom stereocenters. The van der Waals surface area contributed by atoms with Crippen molar-refractivity contribution >= 4 is 23.8 Å². The van der Waals surface area contributed by atoms with Crippen LogP contribution < -0.4 is 5.32 Å². The molecule has 0 radical (unpaired) electrons. The highest BCUT2D eigenvalue weighted by Crippen LogP contribution is 2.26. The third-order valence-electron chi connectivity index (χ3n) is 5.27. The topological polar surface area (TPSA) is 96.0 Å². The maximum absolute atomic E-state index is 12.2. The molecule has 2 rings (SSSR count). The predicted octanol–water partition coefficient (Wildman–Crippen LogP) is 1.29. The number of carbonyl (C=O) groups excluding carboxylic acids is 4. The first-order valence-corrected chi connectivity index (χ1v) is 9.17. The minimum atomic E-state index is -0.961. The van der Waals surface area contributed by atoms with Crippen molar-refractivity contribution in [3.8, 4) is 0 Å². The maximum atomic E-state index is 12.2. The molecule has 4 amide bonds. The summed E-state index contributed by atoms with van der Waals surface area (Å²) in [6, 6.07) is -0.319. The summed E-state index contributed by atoms with van der Waals surface area (Å²) in [7, 11) is 1.74. The third-order valence-corrected chi connectivity index (χ3v) is 5.27. The third kappa shape index (κ3) is 4.74. The van der Waals surface area contributed by atoms with Crippen LogP contribution in [0.2, 0.25) is 0 Å². The van der Waals surface area contributed by atoms with Crippen molar-refractivity contribution in [2.24, 2.45) is 5.92 Å². The molecule has 1 aliphatic carbocycles. The number of imide groups is 1. The lowest BCUT2D eigenvalue weighted by atomic mass is 9.87. The van der Waals surface area contributed by atoms with Crippen molar-refractivity contribution < 1.29 is 23.9 Å². The average molecular weight is 367 g/mol. The number of urea groups is 1. The second-order valence-corrected chi connectivity index (χ2v) is 7.84. The van der Waals surface area contributed by atoms with Gasteiger partial charge in [0.25, 0.3) is 11.8 Å². The first kappa shape index (κ1) is 20.2. The molecular weight excluding hydrogens is 338 g/mol. The number of nitrogens with zero attached hydrogens (tertiary/aromatic N) is 2. The van der Waals surface area contributed by atoms with E-state index in [1.165, 1.54) is 0 Å². The van der Waals surface area contributed by atoms with Crippen molar-refractivity contribution in [2.75, 3.05) is 20.2 Å². The summed E-state index contributed by atoms with van der Waals surface area (Å²) in [6.45, 7) is 5.05. The number of amides is 4. The van der Waals surface area contributed by atoms with Gasteiger partial charge in [0.05, 0.1) is 6.42 Å². The molecule has 0 aromatic heterocycles. The summed E-state index contributed by atoms with van der Waals surface area (Å²) in [5.74, 6) is -0.510. The highest BCUT2D eigenvalue weighted by atomic mass is 16.5. The molecule has 1 aliphatic heterocycles. The van der Waals surface area contributed by atoms with Crippen LogP contribution in [-0.4, -0.2) is 65.4 Å². The molecule has 1 N–H and O–H groups in total. The number of ether oxygens (including phenoxy) is 1. The van der Waals surface area contributed by atoms with Crippen LogP contribution in [0, 0.1) is 5.92 Å². The number of carbonyl (C=O) groups is 4. The fraction of sp³-hybridized carbons (Fsp3) is 0.778. The van der Waals surface area contributed by atoms with Crippen LogP contribution in [0.5, 0.6) is 0 Å². The molecule has 8 nitrogen and oxygen atoms in total. The van der Waals surface area contributed by atoms with Gasteiger partial charge < -0.3 is 15.0 Å². The molecule has 26 heavy (non-hydrogen) atoms. The van der Waals surface area contributed by atoms with Gasteiger partial charge in [-0.1, -0.05) is 6.92 Å². The standard InChI is InChI=1S/C18H29N3O5/c1-12-5-7-13(8-6-12)20(4)14(22)11-26-15(23)9-10-21-16(24)18(2,3)19-17(21)25/h12-13H,5-11H2,1-4H3,(H,19,25). The zero-order valence-electron chi connectivity index (χ0n) is 16.0. The fourth-order valence-corrected chi connectivity index (χ4v) is 3.37. The fourth-order valence-electron chi connectivity index (χ4n) is 3.37. The average Bonchev–Trinajstić information content (AvgIpc) is 2.78. The number of hydrogen-bond acceptors (Lipinski definition) is 5. The Morgan fingerprint density at radius 3 is 2.38 bits per heavy atom. The second-order valence-electron chi connectivity index (χ2n) is 7.84. The van der Waals surface area contributed by atoms with Gasteiger partial charge in [0.1, 0.15) is 5.54 Å². The van der Waals surface area contributed by atoms with E-state index in [4.69, 9.17) is 4.74 Å². The SMILES string of the molecule is CC1CCC(N(C)C(=O)COC(=O)CCN2C(=O)NC(C)(C)C2=O)CC1. The molecule has 1 saturated carbocycles. The lowest BCUT2D eigenvalue weighted by Gasteiger charge is -2.33. The molecule has 1 saturated heterocycles. The Bertz CT molecular complexity index is 581. The molecule has 0 spiro atoms. The Morgan fingerprint density at radius 2 is 1.85 bits per heavy atom. The van der Waals surface area contributed by atoms with Crippen LogP contribution in [0.1, 0.15) is 52.9 Å². The van der Waals surface area contributed by atoms with E-state index in [2.05, 4.69) is 12.2 Å². The van der Waals surface area contributed by atoms with Crippen LogP contribution in [-0.2, 0) is 19.1 Å². The van der Waals surface area contributed by atoms with Gasteiger partial charge in [-0.3, -0.25) is 19.3 Å². The van der Waals surface area contributed by atoms with Gasteiger partial charge in [-0.25, -0.2) is 4.79 Å². The number of likely N-dealkylation sites (N-methyl/N-ethyl adjacent to an activating group) is 1. The first-order valence-electron chi connectivity index (χ1n) is 9.17. The minimum Gasteiger partial charge on any atom is -0.456 e. The molecule has 0 aromatic rings. The largest absolute Gasteiger partial charge is 0.456 e. The molecule has 146 valence electrons. The highest BCUT2D eigenvalue weighted by molar-refractivity contribution is 6.06. The number of nitrogens with one attached hydrogen (secondary N) is 1. The quantitative estimate of drug-likeness (QED) is 0.564. The molecule has 2 aliphatic rings. The maximum Gasteiger partial charge on any atom is 0.325 e. The smallest absolute Gasteiger partial charge is 0.325 e. The first-order chi connectivity index (χ1) is 12.1. The summed E-state index contributed by atoms with van der Waals surface area (Å²) in [6.07, 6.45) is 4.01. The predicted molar refractivity (Wildman–Crippen MR) is 94.1 cm³/mol. The van der Waals surface area contributed by atoms with Crippen molar-refractivity contribution in [2.45, 2.75) is 64.5 Å². The molecule has 2 fully saturated rings. The monoisotopic (exact) mass is 367 g/mol.